The summed E-state index contributed by atoms with van der Waals surface area (Å²) in [5.41, 5.74) is 8.03. The van der Waals surface area contributed by atoms with Gasteiger partial charge >= 0.3 is 51.4 Å². The molecule has 0 aliphatic rings. The SMILES string of the molecule is Cc1ccc(CSCCC(N)[C-]=O)cc1.[CH3-].[K+]. The molecule has 0 fully saturated rings. The van der Waals surface area contributed by atoms with Crippen molar-refractivity contribution < 1.29 is 56.2 Å². The van der Waals surface area contributed by atoms with Crippen LogP contribution in [0.25, 0.3) is 0 Å². The third-order valence-electron chi connectivity index (χ3n) is 2.11. The van der Waals surface area contributed by atoms with Gasteiger partial charge in [-0.05, 0) is 18.2 Å². The zero-order chi connectivity index (χ0) is 11.1. The topological polar surface area (TPSA) is 43.1 Å². The van der Waals surface area contributed by atoms with E-state index in [0.717, 1.165) is 11.5 Å². The standard InChI is InChI=1S/C12H16NOS.CH3.K/c1-10-2-4-11(5-3-10)9-15-7-6-12(13)8-14;;/h2-5,12H,6-7,9,13H2,1H3;1H3;/q2*-1;+1. The Kier molecular flexibility index (Phi) is 14.1. The quantitative estimate of drug-likeness (QED) is 0.433. The molecule has 90 valence electrons. The van der Waals surface area contributed by atoms with Crippen LogP contribution in [0.5, 0.6) is 0 Å². The van der Waals surface area contributed by atoms with E-state index in [2.05, 4.69) is 31.2 Å². The van der Waals surface area contributed by atoms with E-state index in [-0.39, 0.29) is 58.8 Å². The summed E-state index contributed by atoms with van der Waals surface area (Å²) in [5.74, 6) is 1.89. The third-order valence-corrected chi connectivity index (χ3v) is 3.18. The van der Waals surface area contributed by atoms with E-state index in [9.17, 15) is 4.79 Å². The summed E-state index contributed by atoms with van der Waals surface area (Å²) in [5, 5.41) is 0. The molecule has 1 rings (SSSR count). The van der Waals surface area contributed by atoms with Crippen molar-refractivity contribution in [1.29, 1.82) is 0 Å². The molecule has 17 heavy (non-hydrogen) atoms. The first-order chi connectivity index (χ1) is 7.22. The second-order valence-corrected chi connectivity index (χ2v) is 4.66. The van der Waals surface area contributed by atoms with Crippen LogP contribution in [-0.4, -0.2) is 18.1 Å². The Morgan fingerprint density at radius 3 is 2.47 bits per heavy atom. The first-order valence-corrected chi connectivity index (χ1v) is 6.14. The number of carbonyl (C=O) groups excluding carboxylic acids is 1. The van der Waals surface area contributed by atoms with Gasteiger partial charge in [-0.2, -0.15) is 11.8 Å². The fourth-order valence-corrected chi connectivity index (χ4v) is 2.14. The number of aryl methyl sites for hydroxylation is 1. The molecule has 0 aromatic heterocycles. The molecule has 2 nitrogen and oxygen atoms in total. The molecule has 0 amide bonds. The Morgan fingerprint density at radius 2 is 1.94 bits per heavy atom. The molecular formula is C13H19KNOS-. The van der Waals surface area contributed by atoms with Crippen LogP contribution in [0.4, 0.5) is 0 Å². The zero-order valence-corrected chi connectivity index (χ0v) is 14.8. The number of hydrogen-bond donors (Lipinski definition) is 1. The Morgan fingerprint density at radius 1 is 1.35 bits per heavy atom. The first kappa shape index (κ1) is 20.2. The van der Waals surface area contributed by atoms with Crippen LogP contribution >= 0.6 is 11.8 Å². The summed E-state index contributed by atoms with van der Waals surface area (Å²) in [4.78, 5) is 10.1. The molecular weight excluding hydrogens is 257 g/mol. The third kappa shape index (κ3) is 9.42. The van der Waals surface area contributed by atoms with Gasteiger partial charge in [0, 0.05) is 5.75 Å². The van der Waals surface area contributed by atoms with Crippen molar-refractivity contribution in [2.24, 2.45) is 5.73 Å². The van der Waals surface area contributed by atoms with E-state index in [1.807, 2.05) is 0 Å². The summed E-state index contributed by atoms with van der Waals surface area (Å²) < 4.78 is 0. The van der Waals surface area contributed by atoms with Crippen molar-refractivity contribution >= 4 is 18.0 Å². The van der Waals surface area contributed by atoms with Gasteiger partial charge in [0.05, 0.1) is 0 Å². The van der Waals surface area contributed by atoms with E-state index in [1.165, 1.54) is 11.1 Å². The maximum absolute atomic E-state index is 10.1. The van der Waals surface area contributed by atoms with Crippen LogP contribution in [0.15, 0.2) is 24.3 Å². The van der Waals surface area contributed by atoms with Crippen molar-refractivity contribution in [3.05, 3.63) is 42.8 Å². The average Bonchev–Trinajstić information content (AvgIpc) is 2.26. The number of thioether (sulfide) groups is 1. The maximum Gasteiger partial charge on any atom is 1.00 e. The molecule has 0 aliphatic heterocycles. The molecule has 0 radical (unpaired) electrons. The summed E-state index contributed by atoms with van der Waals surface area (Å²) in [6, 6.07) is 8.07. The van der Waals surface area contributed by atoms with Crippen LogP contribution < -0.4 is 57.1 Å². The van der Waals surface area contributed by atoms with Gasteiger partial charge in [0.15, 0.2) is 0 Å². The fraction of sp³-hybridized carbons (Fsp3) is 0.385. The minimum Gasteiger partial charge on any atom is -0.540 e. The summed E-state index contributed by atoms with van der Waals surface area (Å²) in [6.45, 7) is 2.08. The number of rotatable bonds is 6. The minimum atomic E-state index is -0.421. The second kappa shape index (κ2) is 11.9. The number of nitrogens with two attached hydrogens (primary N) is 1. The Balaban J connectivity index is 0. The van der Waals surface area contributed by atoms with Gasteiger partial charge in [0.25, 0.3) is 0 Å². The van der Waals surface area contributed by atoms with Crippen molar-refractivity contribution in [3.8, 4) is 0 Å². The Labute approximate surface area is 152 Å². The van der Waals surface area contributed by atoms with E-state index in [0.29, 0.717) is 6.42 Å². The minimum absolute atomic E-state index is 0. The molecule has 2 N–H and O–H groups in total. The van der Waals surface area contributed by atoms with Crippen LogP contribution in [0.1, 0.15) is 17.5 Å². The second-order valence-electron chi connectivity index (χ2n) is 3.55. The Hall–Kier alpha value is 0.836. The molecule has 1 unspecified atom stereocenters. The number of hydrogen-bond acceptors (Lipinski definition) is 3. The number of benzene rings is 1. The first-order valence-electron chi connectivity index (χ1n) is 4.99. The van der Waals surface area contributed by atoms with Crippen molar-refractivity contribution in [1.82, 2.24) is 0 Å². The normalized spacial score (nSPS) is 10.9. The predicted molar refractivity (Wildman–Crippen MR) is 72.0 cm³/mol. The zero-order valence-electron chi connectivity index (χ0n) is 10.9. The van der Waals surface area contributed by atoms with Gasteiger partial charge in [0.1, 0.15) is 0 Å². The van der Waals surface area contributed by atoms with Crippen LogP contribution in [0, 0.1) is 14.4 Å². The predicted octanol–water partition coefficient (Wildman–Crippen LogP) is -0.490. The molecule has 0 spiro atoms. The van der Waals surface area contributed by atoms with Gasteiger partial charge in [-0.15, -0.1) is 0 Å². The Bertz CT molecular complexity index is 303. The molecule has 0 saturated carbocycles. The molecule has 1 aromatic rings. The van der Waals surface area contributed by atoms with Crippen molar-refractivity contribution in [2.75, 3.05) is 5.75 Å². The van der Waals surface area contributed by atoms with E-state index in [4.69, 9.17) is 5.73 Å². The van der Waals surface area contributed by atoms with Crippen LogP contribution in [-0.2, 0) is 10.5 Å². The fourth-order valence-electron chi connectivity index (χ4n) is 1.14. The molecule has 1 aromatic carbocycles. The molecule has 4 heteroatoms. The van der Waals surface area contributed by atoms with E-state index < -0.39 is 6.04 Å². The smallest absolute Gasteiger partial charge is 0.540 e. The molecule has 0 aliphatic carbocycles. The van der Waals surface area contributed by atoms with Gasteiger partial charge in [-0.1, -0.05) is 42.3 Å². The monoisotopic (exact) mass is 276 g/mol. The van der Waals surface area contributed by atoms with E-state index in [1.54, 1.807) is 18.0 Å². The largest absolute Gasteiger partial charge is 1.00 e. The van der Waals surface area contributed by atoms with Gasteiger partial charge < -0.3 is 18.0 Å². The van der Waals surface area contributed by atoms with Crippen molar-refractivity contribution in [3.63, 3.8) is 0 Å². The van der Waals surface area contributed by atoms with Gasteiger partial charge in [-0.3, -0.25) is 0 Å². The van der Waals surface area contributed by atoms with Crippen molar-refractivity contribution in [2.45, 2.75) is 25.1 Å². The van der Waals surface area contributed by atoms with E-state index >= 15 is 0 Å². The molecule has 0 heterocycles. The van der Waals surface area contributed by atoms with Crippen LogP contribution in [0.2, 0.25) is 0 Å². The summed E-state index contributed by atoms with van der Waals surface area (Å²) in [7, 11) is 0. The summed E-state index contributed by atoms with van der Waals surface area (Å²) in [6.07, 6.45) is 2.49. The molecule has 0 bridgehead atoms. The molecule has 0 saturated heterocycles. The van der Waals surface area contributed by atoms with Gasteiger partial charge in [-0.25, -0.2) is 6.29 Å². The average molecular weight is 276 g/mol. The summed E-state index contributed by atoms with van der Waals surface area (Å²) >= 11 is 1.80. The van der Waals surface area contributed by atoms with Crippen LogP contribution in [0.3, 0.4) is 0 Å². The van der Waals surface area contributed by atoms with Gasteiger partial charge in [0.2, 0.25) is 0 Å². The maximum atomic E-state index is 10.1. The molecule has 1 atom stereocenters.